The van der Waals surface area contributed by atoms with E-state index in [1.807, 2.05) is 0 Å². The lowest BCUT2D eigenvalue weighted by atomic mass is 10.1. The number of ether oxygens (including phenoxy) is 1. The molecular weight excluding hydrogens is 409 g/mol. The maximum absolute atomic E-state index is 6.38. The van der Waals surface area contributed by atoms with Gasteiger partial charge in [0, 0.05) is 12.8 Å². The van der Waals surface area contributed by atoms with Crippen LogP contribution in [-0.2, 0) is 17.6 Å². The topological polar surface area (TPSA) is 21.6 Å². The van der Waals surface area contributed by atoms with Crippen LogP contribution in [0.4, 0.5) is 0 Å². The van der Waals surface area contributed by atoms with E-state index < -0.39 is 7.92 Å². The van der Waals surface area contributed by atoms with E-state index in [0.717, 1.165) is 18.7 Å². The first-order chi connectivity index (χ1) is 15.9. The zero-order valence-corrected chi connectivity index (χ0v) is 18.7. The standard InChI is InChI=1S/C29H24NOP/c1-3-13-23(14-4-1)32(24-15-5-2-6-16-24)27-18-10-8-12-22(27)20-28-30-29-25-17-9-7-11-21(25)19-26(29)31-28/h1-18,26,29H,19-20H2/t26-,29+/m1/s1. The Morgan fingerprint density at radius 3 is 2.09 bits per heavy atom. The third-order valence-electron chi connectivity index (χ3n) is 6.32. The lowest BCUT2D eigenvalue weighted by Crippen LogP contribution is -2.24. The number of hydrogen-bond donors (Lipinski definition) is 0. The van der Waals surface area contributed by atoms with Gasteiger partial charge in [0.2, 0.25) is 0 Å². The number of hydrogen-bond acceptors (Lipinski definition) is 2. The zero-order valence-electron chi connectivity index (χ0n) is 17.8. The van der Waals surface area contributed by atoms with Gasteiger partial charge in [-0.3, -0.25) is 0 Å². The minimum Gasteiger partial charge on any atom is -0.474 e. The second kappa shape index (κ2) is 8.37. The first-order valence-corrected chi connectivity index (χ1v) is 12.5. The van der Waals surface area contributed by atoms with Crippen LogP contribution in [0.2, 0.25) is 0 Å². The minimum absolute atomic E-state index is 0.151. The van der Waals surface area contributed by atoms with E-state index in [9.17, 15) is 0 Å². The first kappa shape index (κ1) is 19.5. The van der Waals surface area contributed by atoms with Gasteiger partial charge in [0.05, 0.1) is 0 Å². The summed E-state index contributed by atoms with van der Waals surface area (Å²) in [6.07, 6.45) is 1.85. The molecule has 0 saturated heterocycles. The summed E-state index contributed by atoms with van der Waals surface area (Å²) < 4.78 is 6.38. The zero-order chi connectivity index (χ0) is 21.3. The molecule has 1 aliphatic carbocycles. The van der Waals surface area contributed by atoms with E-state index in [1.165, 1.54) is 32.6 Å². The van der Waals surface area contributed by atoms with Crippen LogP contribution in [-0.4, -0.2) is 12.0 Å². The molecule has 4 aromatic carbocycles. The molecule has 0 saturated carbocycles. The summed E-state index contributed by atoms with van der Waals surface area (Å²) in [5, 5.41) is 4.10. The molecular formula is C29H24NOP. The van der Waals surface area contributed by atoms with Gasteiger partial charge in [-0.25, -0.2) is 4.99 Å². The van der Waals surface area contributed by atoms with Crippen molar-refractivity contribution in [3.8, 4) is 0 Å². The van der Waals surface area contributed by atoms with Gasteiger partial charge in [0.15, 0.2) is 5.90 Å². The van der Waals surface area contributed by atoms with Crippen molar-refractivity contribution >= 4 is 29.7 Å². The normalized spacial score (nSPS) is 18.7. The molecule has 6 rings (SSSR count). The van der Waals surface area contributed by atoms with Crippen LogP contribution in [0.1, 0.15) is 22.7 Å². The average Bonchev–Trinajstić information content (AvgIpc) is 3.39. The Bertz CT molecular complexity index is 1230. The Morgan fingerprint density at radius 1 is 0.719 bits per heavy atom. The van der Waals surface area contributed by atoms with E-state index in [1.54, 1.807) is 0 Å². The summed E-state index contributed by atoms with van der Waals surface area (Å²) in [6.45, 7) is 0. The summed E-state index contributed by atoms with van der Waals surface area (Å²) in [5.74, 6) is 0.873. The van der Waals surface area contributed by atoms with Gasteiger partial charge in [-0.15, -0.1) is 0 Å². The molecule has 0 bridgehead atoms. The molecule has 156 valence electrons. The molecule has 2 aliphatic rings. The van der Waals surface area contributed by atoms with Crippen LogP contribution in [0.15, 0.2) is 114 Å². The predicted molar refractivity (Wildman–Crippen MR) is 134 cm³/mol. The van der Waals surface area contributed by atoms with E-state index in [2.05, 4.69) is 109 Å². The van der Waals surface area contributed by atoms with Gasteiger partial charge in [-0.05, 0) is 40.5 Å². The van der Waals surface area contributed by atoms with E-state index in [4.69, 9.17) is 9.73 Å². The van der Waals surface area contributed by atoms with Crippen molar-refractivity contribution < 1.29 is 4.74 Å². The van der Waals surface area contributed by atoms with Crippen molar-refractivity contribution in [2.45, 2.75) is 25.0 Å². The van der Waals surface area contributed by atoms with Gasteiger partial charge in [0.1, 0.15) is 12.1 Å². The smallest absolute Gasteiger partial charge is 0.188 e. The lowest BCUT2D eigenvalue weighted by Gasteiger charge is -2.22. The van der Waals surface area contributed by atoms with Crippen LogP contribution >= 0.6 is 7.92 Å². The molecule has 3 heteroatoms. The summed E-state index contributed by atoms with van der Waals surface area (Å²) in [6, 6.07) is 39.3. The second-order valence-electron chi connectivity index (χ2n) is 8.34. The molecule has 0 unspecified atom stereocenters. The van der Waals surface area contributed by atoms with Gasteiger partial charge in [0.25, 0.3) is 0 Å². The minimum atomic E-state index is -0.652. The Balaban J connectivity index is 1.36. The molecule has 1 heterocycles. The van der Waals surface area contributed by atoms with E-state index >= 15 is 0 Å². The second-order valence-corrected chi connectivity index (χ2v) is 10.5. The largest absolute Gasteiger partial charge is 0.474 e. The van der Waals surface area contributed by atoms with Crippen LogP contribution in [0.5, 0.6) is 0 Å². The highest BCUT2D eigenvalue weighted by atomic mass is 31.1. The van der Waals surface area contributed by atoms with Crippen molar-refractivity contribution in [2.24, 2.45) is 4.99 Å². The van der Waals surface area contributed by atoms with Crippen LogP contribution in [0.3, 0.4) is 0 Å². The van der Waals surface area contributed by atoms with Crippen molar-refractivity contribution in [3.63, 3.8) is 0 Å². The quantitative estimate of drug-likeness (QED) is 0.402. The molecule has 0 amide bonds. The highest BCUT2D eigenvalue weighted by Gasteiger charge is 2.39. The molecule has 0 radical (unpaired) electrons. The van der Waals surface area contributed by atoms with Crippen molar-refractivity contribution in [1.29, 1.82) is 0 Å². The fraction of sp³-hybridized carbons (Fsp3) is 0.138. The van der Waals surface area contributed by atoms with Gasteiger partial charge in [-0.2, -0.15) is 0 Å². The van der Waals surface area contributed by atoms with Crippen LogP contribution in [0, 0.1) is 0 Å². The summed E-state index contributed by atoms with van der Waals surface area (Å²) in [7, 11) is -0.652. The number of fused-ring (bicyclic) bond motifs is 3. The van der Waals surface area contributed by atoms with Crippen LogP contribution in [0.25, 0.3) is 0 Å². The number of benzene rings is 4. The molecule has 1 aliphatic heterocycles. The SMILES string of the molecule is c1ccc(P(c2ccccc2)c2ccccc2CC2=N[C@H]3c4ccccc4C[C@H]3O2)cc1. The molecule has 2 atom stereocenters. The molecule has 0 N–H and O–H groups in total. The molecule has 0 spiro atoms. The lowest BCUT2D eigenvalue weighted by molar-refractivity contribution is 0.202. The third kappa shape index (κ3) is 3.55. The monoisotopic (exact) mass is 433 g/mol. The molecule has 2 nitrogen and oxygen atoms in total. The van der Waals surface area contributed by atoms with Crippen LogP contribution < -0.4 is 15.9 Å². The van der Waals surface area contributed by atoms with Gasteiger partial charge < -0.3 is 4.74 Å². The highest BCUT2D eigenvalue weighted by molar-refractivity contribution is 7.79. The fourth-order valence-electron chi connectivity index (χ4n) is 4.87. The van der Waals surface area contributed by atoms with E-state index in [0.29, 0.717) is 0 Å². The summed E-state index contributed by atoms with van der Waals surface area (Å²) in [4.78, 5) is 5.03. The number of nitrogens with zero attached hydrogens (tertiary/aromatic N) is 1. The maximum Gasteiger partial charge on any atom is 0.188 e. The Kier molecular flexibility index (Phi) is 5.09. The third-order valence-corrected chi connectivity index (χ3v) is 8.87. The maximum atomic E-state index is 6.38. The predicted octanol–water partition coefficient (Wildman–Crippen LogP) is 5.08. The Hall–Kier alpha value is -3.22. The van der Waals surface area contributed by atoms with Gasteiger partial charge >= 0.3 is 0 Å². The van der Waals surface area contributed by atoms with E-state index in [-0.39, 0.29) is 12.1 Å². The van der Waals surface area contributed by atoms with Crippen molar-refractivity contribution in [2.75, 3.05) is 0 Å². The first-order valence-electron chi connectivity index (χ1n) is 11.2. The number of rotatable bonds is 5. The summed E-state index contributed by atoms with van der Waals surface area (Å²) >= 11 is 0. The fourth-order valence-corrected chi connectivity index (χ4v) is 7.34. The molecule has 0 aromatic heterocycles. The molecule has 32 heavy (non-hydrogen) atoms. The average molecular weight is 433 g/mol. The Morgan fingerprint density at radius 2 is 1.34 bits per heavy atom. The highest BCUT2D eigenvalue weighted by Crippen LogP contribution is 2.40. The molecule has 0 fully saturated rings. The van der Waals surface area contributed by atoms with Gasteiger partial charge in [-0.1, -0.05) is 109 Å². The Labute approximate surface area is 190 Å². The van der Waals surface area contributed by atoms with Crippen molar-refractivity contribution in [1.82, 2.24) is 0 Å². The molecule has 4 aromatic rings. The van der Waals surface area contributed by atoms with Crippen molar-refractivity contribution in [3.05, 3.63) is 126 Å². The summed E-state index contributed by atoms with van der Waals surface area (Å²) in [5.41, 5.74) is 4.01. The number of aliphatic imine (C=N–C) groups is 1.